The van der Waals surface area contributed by atoms with Gasteiger partial charge in [0.15, 0.2) is 18.1 Å². The van der Waals surface area contributed by atoms with Crippen LogP contribution in [0.15, 0.2) is 66.4 Å². The number of allylic oxidation sites excluding steroid dienone is 1. The summed E-state index contributed by atoms with van der Waals surface area (Å²) in [6, 6.07) is 15.2. The second-order valence-corrected chi connectivity index (χ2v) is 6.92. The minimum absolute atomic E-state index is 0.131. The molecule has 3 aromatic carbocycles. The summed E-state index contributed by atoms with van der Waals surface area (Å²) in [5.41, 5.74) is 1.36. The Kier molecular flexibility index (Phi) is 5.89. The summed E-state index contributed by atoms with van der Waals surface area (Å²) in [4.78, 5) is 25.0. The molecule has 0 saturated heterocycles. The van der Waals surface area contributed by atoms with Crippen LogP contribution in [0, 0.1) is 5.82 Å². The molecule has 7 heteroatoms. The summed E-state index contributed by atoms with van der Waals surface area (Å²) in [6.45, 7) is -0.234. The molecule has 0 N–H and O–H groups in total. The lowest BCUT2D eigenvalue weighted by molar-refractivity contribution is 0.0920. The molecule has 1 aliphatic heterocycles. The maximum absolute atomic E-state index is 13.0. The summed E-state index contributed by atoms with van der Waals surface area (Å²) < 4.78 is 34.9. The van der Waals surface area contributed by atoms with E-state index in [1.807, 2.05) is 0 Å². The number of carbonyl (C=O) groups is 2. The number of rotatable bonds is 7. The van der Waals surface area contributed by atoms with Crippen molar-refractivity contribution in [3.8, 4) is 23.0 Å². The minimum Gasteiger partial charge on any atom is -0.497 e. The highest BCUT2D eigenvalue weighted by Crippen LogP contribution is 2.36. The molecule has 0 fully saturated rings. The summed E-state index contributed by atoms with van der Waals surface area (Å²) in [5, 5.41) is 0. The molecule has 0 aliphatic carbocycles. The summed E-state index contributed by atoms with van der Waals surface area (Å²) >= 11 is 0. The van der Waals surface area contributed by atoms with Crippen LogP contribution < -0.4 is 18.9 Å². The van der Waals surface area contributed by atoms with Crippen LogP contribution in [0.3, 0.4) is 0 Å². The Bertz CT molecular complexity index is 1210. The van der Waals surface area contributed by atoms with E-state index in [1.165, 1.54) is 31.4 Å². The highest BCUT2D eigenvalue weighted by atomic mass is 19.1. The van der Waals surface area contributed by atoms with Crippen molar-refractivity contribution in [3.63, 3.8) is 0 Å². The van der Waals surface area contributed by atoms with Gasteiger partial charge in [-0.25, -0.2) is 4.39 Å². The van der Waals surface area contributed by atoms with Gasteiger partial charge in [-0.3, -0.25) is 9.59 Å². The van der Waals surface area contributed by atoms with Crippen LogP contribution >= 0.6 is 0 Å². The van der Waals surface area contributed by atoms with Crippen molar-refractivity contribution in [1.82, 2.24) is 0 Å². The molecule has 0 aromatic heterocycles. The van der Waals surface area contributed by atoms with Gasteiger partial charge in [0.05, 0.1) is 19.8 Å². The van der Waals surface area contributed by atoms with Crippen molar-refractivity contribution in [1.29, 1.82) is 0 Å². The predicted octanol–water partition coefficient (Wildman–Crippen LogP) is 4.72. The highest BCUT2D eigenvalue weighted by Gasteiger charge is 2.28. The van der Waals surface area contributed by atoms with Crippen LogP contribution in [0.25, 0.3) is 6.08 Å². The number of Topliss-reactive ketones (excluding diaryl/α,β-unsaturated/α-hetero) is 2. The largest absolute Gasteiger partial charge is 0.497 e. The van der Waals surface area contributed by atoms with Gasteiger partial charge in [-0.2, -0.15) is 0 Å². The molecular formula is C25H19FO6. The topological polar surface area (TPSA) is 71.1 Å². The van der Waals surface area contributed by atoms with Crippen molar-refractivity contribution >= 4 is 17.6 Å². The Labute approximate surface area is 183 Å². The van der Waals surface area contributed by atoms with Crippen LogP contribution in [0.1, 0.15) is 26.3 Å². The van der Waals surface area contributed by atoms with Crippen molar-refractivity contribution in [2.75, 3.05) is 20.8 Å². The number of ketones is 2. The van der Waals surface area contributed by atoms with Gasteiger partial charge in [-0.15, -0.1) is 0 Å². The Balaban J connectivity index is 1.50. The third kappa shape index (κ3) is 4.32. The third-order valence-electron chi connectivity index (χ3n) is 4.90. The summed E-state index contributed by atoms with van der Waals surface area (Å²) in [5.74, 6) is 1.01. The van der Waals surface area contributed by atoms with Crippen LogP contribution in [-0.2, 0) is 0 Å². The fourth-order valence-electron chi connectivity index (χ4n) is 3.22. The molecule has 0 radical (unpaired) electrons. The molecule has 0 amide bonds. The molecule has 0 unspecified atom stereocenters. The SMILES string of the molecule is COc1ccc(OC)c(/C=C2/Oc3cc(OCC(=O)c4ccc(F)cc4)ccc3C2=O)c1. The molecule has 32 heavy (non-hydrogen) atoms. The normalized spacial score (nSPS) is 13.5. The zero-order valence-electron chi connectivity index (χ0n) is 17.4. The number of benzene rings is 3. The number of carbonyl (C=O) groups excluding carboxylic acids is 2. The van der Waals surface area contributed by atoms with Crippen LogP contribution in [-0.4, -0.2) is 32.4 Å². The smallest absolute Gasteiger partial charge is 0.231 e. The van der Waals surface area contributed by atoms with Gasteiger partial charge in [0.25, 0.3) is 0 Å². The van der Waals surface area contributed by atoms with Gasteiger partial charge in [0.1, 0.15) is 28.8 Å². The molecule has 6 nitrogen and oxygen atoms in total. The predicted molar refractivity (Wildman–Crippen MR) is 115 cm³/mol. The van der Waals surface area contributed by atoms with E-state index < -0.39 is 5.82 Å². The fraction of sp³-hybridized carbons (Fsp3) is 0.120. The maximum Gasteiger partial charge on any atom is 0.231 e. The molecule has 0 atom stereocenters. The lowest BCUT2D eigenvalue weighted by atomic mass is 10.1. The molecule has 0 spiro atoms. The first-order valence-electron chi connectivity index (χ1n) is 9.70. The standard InChI is InChI=1S/C25H19FO6/c1-29-18-8-10-22(30-2)16(11-18)12-24-25(28)20-9-7-19(13-23(20)32-24)31-14-21(27)15-3-5-17(26)6-4-15/h3-13H,14H2,1-2H3/b24-12+. The van der Waals surface area contributed by atoms with Gasteiger partial charge in [-0.05, 0) is 60.7 Å². The number of halogens is 1. The highest BCUT2D eigenvalue weighted by molar-refractivity contribution is 6.14. The van der Waals surface area contributed by atoms with E-state index in [0.29, 0.717) is 39.7 Å². The zero-order valence-corrected chi connectivity index (χ0v) is 17.4. The first kappa shape index (κ1) is 21.1. The van der Waals surface area contributed by atoms with E-state index in [4.69, 9.17) is 18.9 Å². The number of ether oxygens (including phenoxy) is 4. The molecule has 4 rings (SSSR count). The molecule has 3 aromatic rings. The summed E-state index contributed by atoms with van der Waals surface area (Å²) in [6.07, 6.45) is 1.59. The van der Waals surface area contributed by atoms with Crippen LogP contribution in [0.2, 0.25) is 0 Å². The Morgan fingerprint density at radius 2 is 1.72 bits per heavy atom. The van der Waals surface area contributed by atoms with E-state index in [-0.39, 0.29) is 23.9 Å². The molecule has 1 aliphatic rings. The second-order valence-electron chi connectivity index (χ2n) is 6.92. The molecule has 1 heterocycles. The van der Waals surface area contributed by atoms with E-state index in [2.05, 4.69) is 0 Å². The van der Waals surface area contributed by atoms with Crippen LogP contribution in [0.5, 0.6) is 23.0 Å². The monoisotopic (exact) mass is 434 g/mol. The molecule has 162 valence electrons. The minimum atomic E-state index is -0.418. The second kappa shape index (κ2) is 8.93. The van der Waals surface area contributed by atoms with E-state index in [9.17, 15) is 14.0 Å². The number of hydrogen-bond acceptors (Lipinski definition) is 6. The van der Waals surface area contributed by atoms with Crippen molar-refractivity contribution in [2.24, 2.45) is 0 Å². The van der Waals surface area contributed by atoms with Gasteiger partial charge in [0.2, 0.25) is 5.78 Å². The number of fused-ring (bicyclic) bond motifs is 1. The van der Waals surface area contributed by atoms with E-state index >= 15 is 0 Å². The first-order chi connectivity index (χ1) is 15.5. The van der Waals surface area contributed by atoms with Gasteiger partial charge >= 0.3 is 0 Å². The van der Waals surface area contributed by atoms with Gasteiger partial charge < -0.3 is 18.9 Å². The molecular weight excluding hydrogens is 415 g/mol. The Morgan fingerprint density at radius 1 is 0.969 bits per heavy atom. The number of methoxy groups -OCH3 is 2. The Morgan fingerprint density at radius 3 is 2.44 bits per heavy atom. The lowest BCUT2D eigenvalue weighted by Gasteiger charge is -2.08. The first-order valence-corrected chi connectivity index (χ1v) is 9.70. The zero-order chi connectivity index (χ0) is 22.7. The van der Waals surface area contributed by atoms with Crippen molar-refractivity contribution < 1.29 is 32.9 Å². The summed E-state index contributed by atoms with van der Waals surface area (Å²) in [7, 11) is 3.08. The van der Waals surface area contributed by atoms with Crippen molar-refractivity contribution in [2.45, 2.75) is 0 Å². The van der Waals surface area contributed by atoms with Gasteiger partial charge in [0, 0.05) is 17.2 Å². The maximum atomic E-state index is 13.0. The fourth-order valence-corrected chi connectivity index (χ4v) is 3.22. The van der Waals surface area contributed by atoms with Crippen molar-refractivity contribution in [3.05, 3.63) is 88.9 Å². The lowest BCUT2D eigenvalue weighted by Crippen LogP contribution is -2.11. The average molecular weight is 434 g/mol. The number of hydrogen-bond donors (Lipinski definition) is 0. The average Bonchev–Trinajstić information content (AvgIpc) is 3.12. The van der Waals surface area contributed by atoms with E-state index in [1.54, 1.807) is 49.6 Å². The molecule has 0 saturated carbocycles. The Hall–Kier alpha value is -4.13. The third-order valence-corrected chi connectivity index (χ3v) is 4.90. The van der Waals surface area contributed by atoms with E-state index in [0.717, 1.165) is 0 Å². The molecule has 0 bridgehead atoms. The van der Waals surface area contributed by atoms with Crippen LogP contribution in [0.4, 0.5) is 4.39 Å². The van der Waals surface area contributed by atoms with Gasteiger partial charge in [-0.1, -0.05) is 0 Å². The quantitative estimate of drug-likeness (QED) is 0.396.